The van der Waals surface area contributed by atoms with E-state index in [1.54, 1.807) is 16.4 Å². The van der Waals surface area contributed by atoms with Crippen LogP contribution in [-0.4, -0.2) is 32.8 Å². The number of ketones is 1. The zero-order chi connectivity index (χ0) is 18.8. The molecule has 0 bridgehead atoms. The molecule has 5 rings (SSSR count). The summed E-state index contributed by atoms with van der Waals surface area (Å²) < 4.78 is 28.8. The molecule has 5 nitrogen and oxygen atoms in total. The minimum Gasteiger partial charge on any atom is -0.313 e. The summed E-state index contributed by atoms with van der Waals surface area (Å²) in [5.41, 5.74) is 2.49. The SMILES string of the molecule is Cc1ccc(S(=O)(=O)N2c3ccccc3[C@]34CCN[C@H]3CC(=O)C[C@H]24)cc1. The van der Waals surface area contributed by atoms with Crippen molar-refractivity contribution in [1.29, 1.82) is 0 Å². The molecule has 2 aliphatic heterocycles. The molecule has 140 valence electrons. The zero-order valence-electron chi connectivity index (χ0n) is 15.2. The molecule has 0 unspecified atom stereocenters. The molecule has 2 aromatic rings. The third kappa shape index (κ3) is 2.20. The topological polar surface area (TPSA) is 66.5 Å². The maximum atomic E-state index is 13.6. The van der Waals surface area contributed by atoms with E-state index in [4.69, 9.17) is 0 Å². The van der Waals surface area contributed by atoms with E-state index < -0.39 is 10.0 Å². The first-order chi connectivity index (χ1) is 12.9. The van der Waals surface area contributed by atoms with E-state index in [1.165, 1.54) is 0 Å². The van der Waals surface area contributed by atoms with Gasteiger partial charge in [-0.1, -0.05) is 35.9 Å². The Hall–Kier alpha value is -2.18. The van der Waals surface area contributed by atoms with Crippen molar-refractivity contribution in [3.05, 3.63) is 59.7 Å². The summed E-state index contributed by atoms with van der Waals surface area (Å²) in [5.74, 6) is 0.131. The highest BCUT2D eigenvalue weighted by Gasteiger charge is 2.62. The molecule has 1 saturated heterocycles. The zero-order valence-corrected chi connectivity index (χ0v) is 16.0. The summed E-state index contributed by atoms with van der Waals surface area (Å²) in [6.07, 6.45) is 1.60. The van der Waals surface area contributed by atoms with Gasteiger partial charge in [0.25, 0.3) is 10.0 Å². The van der Waals surface area contributed by atoms with Crippen LogP contribution in [0.15, 0.2) is 53.4 Å². The van der Waals surface area contributed by atoms with Crippen LogP contribution in [0.1, 0.15) is 30.4 Å². The predicted molar refractivity (Wildman–Crippen MR) is 103 cm³/mol. The largest absolute Gasteiger partial charge is 0.313 e. The van der Waals surface area contributed by atoms with Crippen molar-refractivity contribution >= 4 is 21.5 Å². The van der Waals surface area contributed by atoms with Crippen molar-refractivity contribution < 1.29 is 13.2 Å². The third-order valence-electron chi connectivity index (χ3n) is 6.50. The van der Waals surface area contributed by atoms with E-state index in [0.717, 1.165) is 29.8 Å². The number of fused-ring (bicyclic) bond motifs is 1. The average Bonchev–Trinajstić information content (AvgIpc) is 3.19. The second kappa shape index (κ2) is 5.66. The lowest BCUT2D eigenvalue weighted by Gasteiger charge is -2.43. The number of nitrogens with zero attached hydrogens (tertiary/aromatic N) is 1. The van der Waals surface area contributed by atoms with Gasteiger partial charge in [-0.15, -0.1) is 0 Å². The standard InChI is InChI=1S/C21H22N2O3S/c1-14-6-8-16(9-7-14)27(25,26)23-18-5-3-2-4-17(18)21-10-11-22-19(21)12-15(24)13-20(21)23/h2-9,19-20,22H,10-13H2,1H3/t19-,20-,21+/m0/s1. The normalized spacial score (nSPS) is 29.4. The smallest absolute Gasteiger partial charge is 0.264 e. The van der Waals surface area contributed by atoms with Crippen molar-refractivity contribution in [3.8, 4) is 0 Å². The Morgan fingerprint density at radius 2 is 1.81 bits per heavy atom. The van der Waals surface area contributed by atoms with Crippen LogP contribution in [0.4, 0.5) is 5.69 Å². The van der Waals surface area contributed by atoms with Gasteiger partial charge < -0.3 is 5.32 Å². The number of Topliss-reactive ketones (excluding diaryl/α,β-unsaturated/α-hetero) is 1. The maximum absolute atomic E-state index is 13.6. The highest BCUT2D eigenvalue weighted by Crippen LogP contribution is 2.56. The number of anilines is 1. The highest BCUT2D eigenvalue weighted by atomic mass is 32.2. The number of carbonyl (C=O) groups is 1. The molecule has 2 heterocycles. The van der Waals surface area contributed by atoms with Crippen LogP contribution in [0.25, 0.3) is 0 Å². The van der Waals surface area contributed by atoms with Crippen LogP contribution in [0.5, 0.6) is 0 Å². The van der Waals surface area contributed by atoms with Crippen LogP contribution >= 0.6 is 0 Å². The molecule has 27 heavy (non-hydrogen) atoms. The van der Waals surface area contributed by atoms with Gasteiger partial charge in [0.2, 0.25) is 0 Å². The average molecular weight is 382 g/mol. The number of carbonyl (C=O) groups excluding carboxylic acids is 1. The minimum atomic E-state index is -3.75. The Morgan fingerprint density at radius 3 is 2.59 bits per heavy atom. The number of benzene rings is 2. The number of para-hydroxylation sites is 1. The first kappa shape index (κ1) is 17.0. The summed E-state index contributed by atoms with van der Waals surface area (Å²) in [6, 6.07) is 14.4. The van der Waals surface area contributed by atoms with Gasteiger partial charge in [-0.25, -0.2) is 8.42 Å². The lowest BCUT2D eigenvalue weighted by molar-refractivity contribution is -0.122. The van der Waals surface area contributed by atoms with Gasteiger partial charge in [-0.2, -0.15) is 0 Å². The first-order valence-electron chi connectivity index (χ1n) is 9.40. The molecule has 3 atom stereocenters. The summed E-state index contributed by atoms with van der Waals surface area (Å²) in [7, 11) is -3.75. The number of nitrogens with one attached hydrogen (secondary N) is 1. The number of sulfonamides is 1. The summed E-state index contributed by atoms with van der Waals surface area (Å²) in [6.45, 7) is 2.74. The van der Waals surface area contributed by atoms with Crippen molar-refractivity contribution in [2.45, 2.75) is 48.6 Å². The van der Waals surface area contributed by atoms with E-state index in [1.807, 2.05) is 43.3 Å². The van der Waals surface area contributed by atoms with Crippen LogP contribution < -0.4 is 9.62 Å². The van der Waals surface area contributed by atoms with Crippen LogP contribution in [0.2, 0.25) is 0 Å². The summed E-state index contributed by atoms with van der Waals surface area (Å²) in [4.78, 5) is 12.8. The lowest BCUT2D eigenvalue weighted by Crippen LogP contribution is -2.57. The van der Waals surface area contributed by atoms with Gasteiger partial charge in [0.15, 0.2) is 0 Å². The van der Waals surface area contributed by atoms with E-state index >= 15 is 0 Å². The fourth-order valence-electron chi connectivity index (χ4n) is 5.31. The quantitative estimate of drug-likeness (QED) is 0.867. The second-order valence-corrected chi connectivity index (χ2v) is 9.71. The Balaban J connectivity index is 1.73. The molecule has 1 N–H and O–H groups in total. The van der Waals surface area contributed by atoms with E-state index in [2.05, 4.69) is 5.32 Å². The fourth-order valence-corrected chi connectivity index (χ4v) is 7.04. The molecule has 2 aromatic carbocycles. The molecule has 0 amide bonds. The lowest BCUT2D eigenvalue weighted by atomic mass is 9.65. The highest BCUT2D eigenvalue weighted by molar-refractivity contribution is 7.92. The van der Waals surface area contributed by atoms with Crippen LogP contribution in [0.3, 0.4) is 0 Å². The van der Waals surface area contributed by atoms with Gasteiger partial charge >= 0.3 is 0 Å². The molecule has 1 aliphatic carbocycles. The Kier molecular flexibility index (Phi) is 3.55. The van der Waals surface area contributed by atoms with Crippen LogP contribution in [0, 0.1) is 6.92 Å². The molecule has 0 radical (unpaired) electrons. The molecular formula is C21H22N2O3S. The van der Waals surface area contributed by atoms with Crippen LogP contribution in [-0.2, 0) is 20.2 Å². The van der Waals surface area contributed by atoms with Crippen molar-refractivity contribution in [3.63, 3.8) is 0 Å². The van der Waals surface area contributed by atoms with Crippen molar-refractivity contribution in [2.75, 3.05) is 10.8 Å². The molecule has 3 aliphatic rings. The first-order valence-corrected chi connectivity index (χ1v) is 10.8. The Labute approximate surface area is 159 Å². The molecule has 0 aromatic heterocycles. The van der Waals surface area contributed by atoms with Crippen molar-refractivity contribution in [1.82, 2.24) is 5.32 Å². The Morgan fingerprint density at radius 1 is 1.07 bits per heavy atom. The molecule has 2 fully saturated rings. The van der Waals surface area contributed by atoms with E-state index in [-0.39, 0.29) is 34.6 Å². The third-order valence-corrected chi connectivity index (χ3v) is 8.34. The predicted octanol–water partition coefficient (Wildman–Crippen LogP) is 2.54. The van der Waals surface area contributed by atoms with Gasteiger partial charge in [-0.05, 0) is 43.7 Å². The van der Waals surface area contributed by atoms with Gasteiger partial charge in [0, 0.05) is 24.3 Å². The number of hydrogen-bond acceptors (Lipinski definition) is 4. The summed E-state index contributed by atoms with van der Waals surface area (Å²) >= 11 is 0. The number of aryl methyl sites for hydroxylation is 1. The number of rotatable bonds is 2. The Bertz CT molecular complexity index is 1030. The maximum Gasteiger partial charge on any atom is 0.264 e. The second-order valence-electron chi connectivity index (χ2n) is 7.89. The van der Waals surface area contributed by atoms with E-state index in [0.29, 0.717) is 6.42 Å². The number of hydrogen-bond donors (Lipinski definition) is 1. The van der Waals surface area contributed by atoms with Crippen molar-refractivity contribution in [2.24, 2.45) is 0 Å². The molecule has 1 spiro atoms. The van der Waals surface area contributed by atoms with Gasteiger partial charge in [-0.3, -0.25) is 9.10 Å². The van der Waals surface area contributed by atoms with Gasteiger partial charge in [0.05, 0.1) is 16.6 Å². The molecule has 6 heteroatoms. The summed E-state index contributed by atoms with van der Waals surface area (Å²) in [5, 5.41) is 3.47. The monoisotopic (exact) mass is 382 g/mol. The van der Waals surface area contributed by atoms with Gasteiger partial charge in [0.1, 0.15) is 5.78 Å². The molecular weight excluding hydrogens is 360 g/mol. The molecule has 1 saturated carbocycles. The van der Waals surface area contributed by atoms with E-state index in [9.17, 15) is 13.2 Å². The minimum absolute atomic E-state index is 0.00289. The fraction of sp³-hybridized carbons (Fsp3) is 0.381.